The Morgan fingerprint density at radius 1 is 0.455 bits per heavy atom. The van der Waals surface area contributed by atoms with E-state index in [0.717, 1.165) is 72.8 Å². The maximum absolute atomic E-state index is 6.23. The summed E-state index contributed by atoms with van der Waals surface area (Å²) in [5, 5.41) is 7.00. The zero-order valence-electron chi connectivity index (χ0n) is 29.9. The quantitative estimate of drug-likeness (QED) is 0.179. The molecule has 1 aliphatic carbocycles. The highest BCUT2D eigenvalue weighted by molar-refractivity contribution is 6.13. The molecule has 0 radical (unpaired) electrons. The first-order valence-electron chi connectivity index (χ1n) is 18.8. The lowest BCUT2D eigenvalue weighted by Crippen LogP contribution is -2.12. The second-order valence-corrected chi connectivity index (χ2v) is 14.4. The monoisotopic (exact) mass is 703 g/mol. The Bertz CT molecular complexity index is 3130. The van der Waals surface area contributed by atoms with Crippen LogP contribution in [0.1, 0.15) is 22.9 Å². The summed E-state index contributed by atoms with van der Waals surface area (Å²) >= 11 is 0. The van der Waals surface area contributed by atoms with Crippen LogP contribution in [0.5, 0.6) is 0 Å². The summed E-state index contributed by atoms with van der Waals surface area (Å²) in [5.74, 6) is 2.14. The molecule has 4 heteroatoms. The average Bonchev–Trinajstić information content (AvgIpc) is 3.65. The van der Waals surface area contributed by atoms with Gasteiger partial charge in [0.1, 0.15) is 17.0 Å². The minimum Gasteiger partial charge on any atom is -0.456 e. The number of hydrogen-bond acceptors (Lipinski definition) is 4. The summed E-state index contributed by atoms with van der Waals surface area (Å²) < 4.78 is 6.23. The summed E-state index contributed by atoms with van der Waals surface area (Å²) in [6.45, 7) is 0. The van der Waals surface area contributed by atoms with Crippen molar-refractivity contribution >= 4 is 49.6 Å². The van der Waals surface area contributed by atoms with Crippen LogP contribution in [0, 0.1) is 0 Å². The number of nitrogens with zero attached hydrogens (tertiary/aromatic N) is 3. The molecule has 2 aromatic heterocycles. The number of allylic oxidation sites excluding steroid dienone is 1. The van der Waals surface area contributed by atoms with E-state index in [0.29, 0.717) is 11.6 Å². The standard InChI is InChI=1S/C51H33N3O/c1-2-11-37-29-39(27-20-32(37)9-1)50-52-49(36-24-22-35(23-25-36)43-15-7-12-34-10-3-4-13-42(34)43)53-51(54-50)40-28-21-33-19-26-38(30-41(33)31-40)44-16-8-18-47-48(44)45-14-5-6-17-46(45)55-47/h1-28,30-31,39H,29H2. The molecule has 1 unspecified atom stereocenters. The Morgan fingerprint density at radius 2 is 1.11 bits per heavy atom. The highest BCUT2D eigenvalue weighted by atomic mass is 16.3. The van der Waals surface area contributed by atoms with E-state index in [-0.39, 0.29) is 5.92 Å². The minimum absolute atomic E-state index is 0.0303. The molecule has 258 valence electrons. The van der Waals surface area contributed by atoms with E-state index in [1.165, 1.54) is 27.5 Å². The van der Waals surface area contributed by atoms with Crippen LogP contribution in [-0.2, 0) is 6.42 Å². The first-order valence-corrected chi connectivity index (χ1v) is 18.8. The van der Waals surface area contributed by atoms with Crippen LogP contribution in [0.25, 0.3) is 94.6 Å². The Balaban J connectivity index is 1.02. The van der Waals surface area contributed by atoms with Gasteiger partial charge < -0.3 is 4.42 Å². The van der Waals surface area contributed by atoms with Gasteiger partial charge in [-0.05, 0) is 85.6 Å². The third kappa shape index (κ3) is 5.50. The van der Waals surface area contributed by atoms with Gasteiger partial charge in [0.2, 0.25) is 0 Å². The van der Waals surface area contributed by atoms with Crippen LogP contribution in [0.4, 0.5) is 0 Å². The molecule has 55 heavy (non-hydrogen) atoms. The normalized spacial score (nSPS) is 13.9. The molecule has 0 fully saturated rings. The van der Waals surface area contributed by atoms with E-state index in [2.05, 4.69) is 164 Å². The largest absolute Gasteiger partial charge is 0.456 e. The lowest BCUT2D eigenvalue weighted by molar-refractivity contribution is 0.669. The van der Waals surface area contributed by atoms with Gasteiger partial charge in [-0.2, -0.15) is 0 Å². The van der Waals surface area contributed by atoms with Gasteiger partial charge in [-0.15, -0.1) is 0 Å². The Kier molecular flexibility index (Phi) is 7.27. The molecule has 2 heterocycles. The third-order valence-electron chi connectivity index (χ3n) is 11.0. The molecule has 1 atom stereocenters. The van der Waals surface area contributed by atoms with E-state index >= 15 is 0 Å². The lowest BCUT2D eigenvalue weighted by Gasteiger charge is -2.19. The van der Waals surface area contributed by atoms with Crippen molar-refractivity contribution in [3.63, 3.8) is 0 Å². The van der Waals surface area contributed by atoms with Gasteiger partial charge in [0.05, 0.1) is 0 Å². The molecule has 0 saturated carbocycles. The van der Waals surface area contributed by atoms with E-state index in [1.807, 2.05) is 18.2 Å². The molecular formula is C51H33N3O. The Hall–Kier alpha value is -7.17. The van der Waals surface area contributed by atoms with Crippen molar-refractivity contribution in [3.8, 4) is 45.0 Å². The van der Waals surface area contributed by atoms with Gasteiger partial charge in [-0.25, -0.2) is 15.0 Å². The third-order valence-corrected chi connectivity index (χ3v) is 11.0. The molecule has 1 aliphatic rings. The number of rotatable bonds is 5. The van der Waals surface area contributed by atoms with Crippen molar-refractivity contribution in [2.45, 2.75) is 12.3 Å². The van der Waals surface area contributed by atoms with E-state index in [9.17, 15) is 0 Å². The van der Waals surface area contributed by atoms with Gasteiger partial charge in [0.25, 0.3) is 0 Å². The van der Waals surface area contributed by atoms with Gasteiger partial charge in [-0.1, -0.05) is 158 Å². The van der Waals surface area contributed by atoms with Crippen LogP contribution < -0.4 is 0 Å². The second kappa shape index (κ2) is 12.8. The second-order valence-electron chi connectivity index (χ2n) is 14.4. The molecule has 4 nitrogen and oxygen atoms in total. The summed E-state index contributed by atoms with van der Waals surface area (Å²) in [7, 11) is 0. The molecule has 0 N–H and O–H groups in total. The van der Waals surface area contributed by atoms with Crippen LogP contribution in [0.3, 0.4) is 0 Å². The first kappa shape index (κ1) is 31.4. The number of aromatic nitrogens is 3. The highest BCUT2D eigenvalue weighted by Crippen LogP contribution is 2.38. The fraction of sp³-hybridized carbons (Fsp3) is 0.0392. The maximum Gasteiger partial charge on any atom is 0.163 e. The van der Waals surface area contributed by atoms with Gasteiger partial charge >= 0.3 is 0 Å². The number of fused-ring (bicyclic) bond motifs is 6. The molecule has 0 bridgehead atoms. The fourth-order valence-electron chi connectivity index (χ4n) is 8.25. The van der Waals surface area contributed by atoms with Crippen LogP contribution in [0.2, 0.25) is 0 Å². The van der Waals surface area contributed by atoms with E-state index in [1.54, 1.807) is 0 Å². The van der Waals surface area contributed by atoms with Gasteiger partial charge in [0.15, 0.2) is 11.6 Å². The van der Waals surface area contributed by atoms with Crippen LogP contribution in [-0.4, -0.2) is 15.0 Å². The molecule has 10 aromatic rings. The Morgan fingerprint density at radius 3 is 2.02 bits per heavy atom. The molecule has 8 aromatic carbocycles. The number of furan rings is 1. The van der Waals surface area contributed by atoms with Gasteiger partial charge in [-0.3, -0.25) is 0 Å². The van der Waals surface area contributed by atoms with Crippen molar-refractivity contribution in [2.75, 3.05) is 0 Å². The SMILES string of the molecule is C1=CC(c2nc(-c3ccc(-c4cccc5ccccc45)cc3)nc(-c3ccc4ccc(-c5cccc6oc7ccccc7c56)cc4c3)n2)Cc2ccccc21. The van der Waals surface area contributed by atoms with Crippen molar-refractivity contribution in [1.82, 2.24) is 15.0 Å². The summed E-state index contributed by atoms with van der Waals surface area (Å²) in [6.07, 6.45) is 5.28. The van der Waals surface area contributed by atoms with Crippen LogP contribution in [0.15, 0.2) is 180 Å². The van der Waals surface area contributed by atoms with E-state index < -0.39 is 0 Å². The topological polar surface area (TPSA) is 51.8 Å². The molecule has 0 saturated heterocycles. The average molecular weight is 704 g/mol. The fourth-order valence-corrected chi connectivity index (χ4v) is 8.25. The van der Waals surface area contributed by atoms with Gasteiger partial charge in [0, 0.05) is 27.8 Å². The molecular weight excluding hydrogens is 671 g/mol. The summed E-state index contributed by atoms with van der Waals surface area (Å²) in [4.78, 5) is 15.5. The highest BCUT2D eigenvalue weighted by Gasteiger charge is 2.21. The number of benzene rings is 8. The van der Waals surface area contributed by atoms with Crippen molar-refractivity contribution in [3.05, 3.63) is 193 Å². The first-order chi connectivity index (χ1) is 27.2. The lowest BCUT2D eigenvalue weighted by atomic mass is 9.89. The molecule has 0 amide bonds. The van der Waals surface area contributed by atoms with E-state index in [4.69, 9.17) is 19.4 Å². The minimum atomic E-state index is 0.0303. The zero-order chi connectivity index (χ0) is 36.3. The molecule has 0 spiro atoms. The van der Waals surface area contributed by atoms with Crippen molar-refractivity contribution in [2.24, 2.45) is 0 Å². The van der Waals surface area contributed by atoms with Crippen molar-refractivity contribution in [1.29, 1.82) is 0 Å². The molecule has 11 rings (SSSR count). The number of hydrogen-bond donors (Lipinski definition) is 0. The predicted molar refractivity (Wildman–Crippen MR) is 226 cm³/mol. The van der Waals surface area contributed by atoms with Crippen LogP contribution >= 0.6 is 0 Å². The molecule has 0 aliphatic heterocycles. The number of para-hydroxylation sites is 1. The van der Waals surface area contributed by atoms with Crippen molar-refractivity contribution < 1.29 is 4.42 Å². The summed E-state index contributed by atoms with van der Waals surface area (Å²) in [6, 6.07) is 59.9. The Labute approximate surface area is 318 Å². The smallest absolute Gasteiger partial charge is 0.163 e. The summed E-state index contributed by atoms with van der Waals surface area (Å²) in [5.41, 5.74) is 10.9. The zero-order valence-corrected chi connectivity index (χ0v) is 29.9. The maximum atomic E-state index is 6.23. The predicted octanol–water partition coefficient (Wildman–Crippen LogP) is 13.1.